The fraction of sp³-hybridized carbons (Fsp3) is 0.615. The Bertz CT molecular complexity index is 960. The van der Waals surface area contributed by atoms with Crippen molar-refractivity contribution in [2.24, 2.45) is 11.5 Å². The smallest absolute Gasteiger partial charge is 0.376 e. The van der Waals surface area contributed by atoms with E-state index in [0.717, 1.165) is 13.0 Å². The molecule has 3 heterocycles. The predicted molar refractivity (Wildman–Crippen MR) is 121 cm³/mol. The molecule has 0 aromatic carbocycles. The highest BCUT2D eigenvalue weighted by Gasteiger charge is 2.48. The number of hydrogen-bond donors (Lipinski definition) is 13. The molecule has 0 radical (unpaired) electrons. The van der Waals surface area contributed by atoms with Crippen LogP contribution in [0.3, 0.4) is 0 Å². The molecule has 1 unspecified atom stereocenters. The maximum Gasteiger partial charge on any atom is 0.466 e. The molecular formula is C13H33N9O11P2. The molecule has 20 nitrogen and oxygen atoms in total. The van der Waals surface area contributed by atoms with Crippen LogP contribution in [-0.2, 0) is 13.9 Å². The predicted octanol–water partition coefficient (Wildman–Crippen LogP) is -2.67. The first-order chi connectivity index (χ1) is 14.9. The first-order valence-electron chi connectivity index (χ1n) is 9.02. The largest absolute Gasteiger partial charge is 0.466 e. The number of rotatable bonds is 5. The second kappa shape index (κ2) is 14.1. The summed E-state index contributed by atoms with van der Waals surface area (Å²) in [5, 5.41) is 22.9. The molecule has 19 N–H and O–H groups in total. The average Bonchev–Trinajstić information content (AvgIpc) is 3.17. The van der Waals surface area contributed by atoms with Crippen molar-refractivity contribution in [3.63, 3.8) is 0 Å². The van der Waals surface area contributed by atoms with E-state index in [0.29, 0.717) is 17.0 Å². The Morgan fingerprint density at radius 1 is 1.17 bits per heavy atom. The SMILES string of the molecule is CCCNc1ncnc2c1ncn2[C@H]1C[C@](N)(O)[C@@H](C(N)O)O1.N.N.O=P(O)(O)O.O=P(O)(O)O. The minimum absolute atomic E-state index is 0. The van der Waals surface area contributed by atoms with Crippen LogP contribution in [0, 0.1) is 0 Å². The molecule has 0 aliphatic carbocycles. The van der Waals surface area contributed by atoms with Gasteiger partial charge in [0.15, 0.2) is 17.0 Å². The number of aliphatic hydroxyl groups excluding tert-OH is 1. The van der Waals surface area contributed by atoms with Crippen LogP contribution in [0.1, 0.15) is 26.0 Å². The van der Waals surface area contributed by atoms with E-state index in [2.05, 4.69) is 27.2 Å². The second-order valence-corrected chi connectivity index (χ2v) is 8.75. The van der Waals surface area contributed by atoms with Gasteiger partial charge >= 0.3 is 15.6 Å². The number of nitrogens with two attached hydrogens (primary N) is 2. The summed E-state index contributed by atoms with van der Waals surface area (Å²) in [6.45, 7) is 2.82. The molecule has 0 spiro atoms. The zero-order chi connectivity index (χ0) is 25.6. The van der Waals surface area contributed by atoms with Gasteiger partial charge in [0.05, 0.1) is 6.33 Å². The highest BCUT2D eigenvalue weighted by molar-refractivity contribution is 7.45. The van der Waals surface area contributed by atoms with Gasteiger partial charge in [0.25, 0.3) is 0 Å². The van der Waals surface area contributed by atoms with Crippen molar-refractivity contribution < 1.29 is 53.4 Å². The van der Waals surface area contributed by atoms with Crippen molar-refractivity contribution in [2.45, 2.75) is 44.1 Å². The van der Waals surface area contributed by atoms with E-state index in [1.165, 1.54) is 6.33 Å². The highest BCUT2D eigenvalue weighted by Crippen LogP contribution is 2.36. The molecule has 0 amide bonds. The van der Waals surface area contributed by atoms with E-state index in [9.17, 15) is 10.2 Å². The van der Waals surface area contributed by atoms with Crippen molar-refractivity contribution in [1.82, 2.24) is 31.8 Å². The van der Waals surface area contributed by atoms with Crippen molar-refractivity contribution >= 4 is 32.6 Å². The van der Waals surface area contributed by atoms with Crippen molar-refractivity contribution in [3.05, 3.63) is 12.7 Å². The maximum absolute atomic E-state index is 10.2. The summed E-state index contributed by atoms with van der Waals surface area (Å²) >= 11 is 0. The number of hydrogen-bond acceptors (Lipinski definition) is 13. The number of nitrogens with zero attached hydrogens (tertiary/aromatic N) is 4. The van der Waals surface area contributed by atoms with Gasteiger partial charge in [-0.05, 0) is 6.42 Å². The monoisotopic (exact) mass is 553 g/mol. The minimum atomic E-state index is -4.64. The lowest BCUT2D eigenvalue weighted by Gasteiger charge is -2.24. The van der Waals surface area contributed by atoms with Gasteiger partial charge in [-0.15, -0.1) is 0 Å². The van der Waals surface area contributed by atoms with Crippen LogP contribution < -0.4 is 29.1 Å². The zero-order valence-electron chi connectivity index (χ0n) is 18.6. The van der Waals surface area contributed by atoms with Gasteiger partial charge in [0.2, 0.25) is 0 Å². The van der Waals surface area contributed by atoms with Gasteiger partial charge in [-0.2, -0.15) is 0 Å². The molecule has 2 aromatic heterocycles. The third-order valence-electron chi connectivity index (χ3n) is 3.82. The molecule has 206 valence electrons. The molecule has 35 heavy (non-hydrogen) atoms. The summed E-state index contributed by atoms with van der Waals surface area (Å²) in [6, 6.07) is 0. The maximum atomic E-state index is 10.2. The van der Waals surface area contributed by atoms with Crippen LogP contribution in [-0.4, -0.2) is 83.7 Å². The van der Waals surface area contributed by atoms with Crippen LogP contribution in [0.2, 0.25) is 0 Å². The molecule has 1 saturated heterocycles. The molecule has 1 fully saturated rings. The van der Waals surface area contributed by atoms with E-state index in [1.54, 1.807) is 10.9 Å². The third kappa shape index (κ3) is 12.7. The van der Waals surface area contributed by atoms with E-state index in [1.807, 2.05) is 0 Å². The molecule has 4 atom stereocenters. The van der Waals surface area contributed by atoms with Crippen molar-refractivity contribution in [2.75, 3.05) is 11.9 Å². The molecule has 22 heteroatoms. The number of ether oxygens (including phenoxy) is 1. The quantitative estimate of drug-likeness (QED) is 0.132. The second-order valence-electron chi connectivity index (χ2n) is 6.70. The molecule has 1 aliphatic heterocycles. The normalized spacial score (nSPS) is 22.5. The van der Waals surface area contributed by atoms with Gasteiger partial charge < -0.3 is 73.4 Å². The number of nitrogens with one attached hydrogen (secondary N) is 1. The van der Waals surface area contributed by atoms with Crippen LogP contribution in [0.4, 0.5) is 5.82 Å². The average molecular weight is 553 g/mol. The lowest BCUT2D eigenvalue weighted by Crippen LogP contribution is -2.55. The summed E-state index contributed by atoms with van der Waals surface area (Å²) in [7, 11) is -9.28. The van der Waals surface area contributed by atoms with E-state index in [4.69, 9.17) is 54.7 Å². The molecule has 0 saturated carbocycles. The Labute approximate surface area is 198 Å². The summed E-state index contributed by atoms with van der Waals surface area (Å²) in [5.41, 5.74) is 10.6. The fourth-order valence-corrected chi connectivity index (χ4v) is 2.71. The molecule has 0 bridgehead atoms. The van der Waals surface area contributed by atoms with Gasteiger partial charge in [0.1, 0.15) is 30.6 Å². The van der Waals surface area contributed by atoms with E-state index in [-0.39, 0.29) is 18.7 Å². The van der Waals surface area contributed by atoms with Crippen LogP contribution in [0.25, 0.3) is 11.2 Å². The number of imidazole rings is 1. The summed E-state index contributed by atoms with van der Waals surface area (Å²) in [6.07, 6.45) is 0.866. The van der Waals surface area contributed by atoms with Crippen LogP contribution in [0.15, 0.2) is 12.7 Å². The van der Waals surface area contributed by atoms with Gasteiger partial charge in [-0.1, -0.05) is 6.92 Å². The van der Waals surface area contributed by atoms with Gasteiger partial charge in [-0.25, -0.2) is 24.1 Å². The van der Waals surface area contributed by atoms with E-state index < -0.39 is 39.9 Å². The lowest BCUT2D eigenvalue weighted by molar-refractivity contribution is -0.111. The Balaban J connectivity index is 0. The van der Waals surface area contributed by atoms with Crippen molar-refractivity contribution in [1.29, 1.82) is 0 Å². The van der Waals surface area contributed by atoms with Crippen LogP contribution in [0.5, 0.6) is 0 Å². The topological polar surface area (TPSA) is 383 Å². The Morgan fingerprint density at radius 2 is 1.69 bits per heavy atom. The van der Waals surface area contributed by atoms with Crippen LogP contribution >= 0.6 is 15.6 Å². The lowest BCUT2D eigenvalue weighted by atomic mass is 10.1. The zero-order valence-corrected chi connectivity index (χ0v) is 20.4. The molecule has 3 rings (SSSR count). The van der Waals surface area contributed by atoms with Gasteiger partial charge in [0, 0.05) is 13.0 Å². The molecular weight excluding hydrogens is 520 g/mol. The number of fused-ring (bicyclic) bond motifs is 1. The minimum Gasteiger partial charge on any atom is -0.376 e. The highest BCUT2D eigenvalue weighted by atomic mass is 31.2. The number of phosphoric acid groups is 2. The number of aliphatic hydroxyl groups is 2. The Kier molecular flexibility index (Phi) is 14.3. The fourth-order valence-electron chi connectivity index (χ4n) is 2.71. The number of anilines is 1. The first kappa shape index (κ1) is 35.5. The summed E-state index contributed by atoms with van der Waals surface area (Å²) < 4.78 is 25.0. The van der Waals surface area contributed by atoms with Gasteiger partial charge in [-0.3, -0.25) is 4.57 Å². The standard InChI is InChI=1S/C13H21N7O3.2H3N.2H3O4P/c1-2-3-16-11-8-12(18-5-17-11)20(6-19-8)7-4-13(15,22)9(23-7)10(14)21;;;2*1-5(2,3)4/h5-7,9-10,21-22H,2-4,14-15H2,1H3,(H,16,17,18);2*1H3;2*(H3,1,2,3,4)/t7-,9-,10?,13+;;;;/m1..../s1. The Hall–Kier alpha value is -1.71. The number of aromatic nitrogens is 4. The summed E-state index contributed by atoms with van der Waals surface area (Å²) in [5.74, 6) is 0.631. The van der Waals surface area contributed by atoms with E-state index >= 15 is 0 Å². The molecule has 1 aliphatic rings. The van der Waals surface area contributed by atoms with Crippen molar-refractivity contribution in [3.8, 4) is 0 Å². The first-order valence-corrected chi connectivity index (χ1v) is 12.2. The Morgan fingerprint density at radius 3 is 2.11 bits per heavy atom. The summed E-state index contributed by atoms with van der Waals surface area (Å²) in [4.78, 5) is 55.8. The molecule has 2 aromatic rings. The third-order valence-corrected chi connectivity index (χ3v) is 3.82.